The van der Waals surface area contributed by atoms with Gasteiger partial charge in [-0.1, -0.05) is 0 Å². The Kier molecular flexibility index (Phi) is 6.98. The second-order valence-corrected chi connectivity index (χ2v) is 10.6. The van der Waals surface area contributed by atoms with Gasteiger partial charge in [0, 0.05) is 50.0 Å². The van der Waals surface area contributed by atoms with Crippen molar-refractivity contribution in [2.24, 2.45) is 0 Å². The van der Waals surface area contributed by atoms with Crippen molar-refractivity contribution in [2.45, 2.75) is 37.8 Å². The fourth-order valence-corrected chi connectivity index (χ4v) is 4.73. The zero-order valence-electron chi connectivity index (χ0n) is 18.6. The first-order chi connectivity index (χ1) is 14.5. The maximum absolute atomic E-state index is 12.5. The molecular formula is C22H31N5O3S. The molecule has 2 heterocycles. The third-order valence-corrected chi connectivity index (χ3v) is 6.73. The van der Waals surface area contributed by atoms with Gasteiger partial charge in [0.15, 0.2) is 0 Å². The van der Waals surface area contributed by atoms with Crippen LogP contribution in [0.15, 0.2) is 47.5 Å². The molecule has 2 aromatic rings. The van der Waals surface area contributed by atoms with Crippen LogP contribution < -0.4 is 14.9 Å². The van der Waals surface area contributed by atoms with Crippen molar-refractivity contribution < 1.29 is 13.2 Å². The molecule has 0 bridgehead atoms. The molecule has 9 heteroatoms. The number of anilines is 1. The number of carbonyl (C=O) groups excluding carboxylic acids is 1. The first-order valence-electron chi connectivity index (χ1n) is 10.3. The monoisotopic (exact) mass is 445 g/mol. The number of sulfonamides is 1. The maximum Gasteiger partial charge on any atom is 0.251 e. The predicted molar refractivity (Wildman–Crippen MR) is 122 cm³/mol. The summed E-state index contributed by atoms with van der Waals surface area (Å²) < 4.78 is 27.4. The maximum atomic E-state index is 12.5. The van der Waals surface area contributed by atoms with E-state index in [1.807, 2.05) is 12.1 Å². The quantitative estimate of drug-likeness (QED) is 0.705. The second-order valence-electron chi connectivity index (χ2n) is 8.88. The van der Waals surface area contributed by atoms with Gasteiger partial charge in [0.05, 0.1) is 4.90 Å². The summed E-state index contributed by atoms with van der Waals surface area (Å²) in [4.78, 5) is 21.6. The number of nitrogens with one attached hydrogen (secondary N) is 2. The zero-order valence-corrected chi connectivity index (χ0v) is 19.4. The highest BCUT2D eigenvalue weighted by atomic mass is 32.2. The number of likely N-dealkylation sites (N-methyl/N-ethyl adjacent to an activating group) is 1. The Hall–Kier alpha value is -2.49. The van der Waals surface area contributed by atoms with Crippen LogP contribution in [-0.4, -0.2) is 63.0 Å². The Morgan fingerprint density at radius 2 is 1.71 bits per heavy atom. The molecule has 1 aliphatic heterocycles. The van der Waals surface area contributed by atoms with E-state index in [2.05, 4.69) is 31.9 Å². The highest BCUT2D eigenvalue weighted by Crippen LogP contribution is 2.16. The third-order valence-electron chi connectivity index (χ3n) is 4.96. The van der Waals surface area contributed by atoms with E-state index in [1.165, 1.54) is 24.3 Å². The van der Waals surface area contributed by atoms with Crippen LogP contribution in [0, 0.1) is 0 Å². The van der Waals surface area contributed by atoms with Gasteiger partial charge in [-0.15, -0.1) is 0 Å². The number of hydrogen-bond donors (Lipinski definition) is 2. The van der Waals surface area contributed by atoms with Crippen molar-refractivity contribution >= 4 is 21.7 Å². The van der Waals surface area contributed by atoms with Crippen molar-refractivity contribution in [3.05, 3.63) is 53.7 Å². The van der Waals surface area contributed by atoms with Gasteiger partial charge >= 0.3 is 0 Å². The lowest BCUT2D eigenvalue weighted by Crippen LogP contribution is -2.44. The number of carbonyl (C=O) groups is 1. The lowest BCUT2D eigenvalue weighted by atomic mass is 10.1. The smallest absolute Gasteiger partial charge is 0.251 e. The van der Waals surface area contributed by atoms with Crippen LogP contribution in [0.3, 0.4) is 0 Å². The molecule has 168 valence electrons. The van der Waals surface area contributed by atoms with E-state index in [0.29, 0.717) is 12.1 Å². The van der Waals surface area contributed by atoms with Gasteiger partial charge in [-0.05, 0) is 69.8 Å². The molecule has 0 radical (unpaired) electrons. The minimum atomic E-state index is -3.63. The minimum absolute atomic E-state index is 0.130. The molecule has 8 nitrogen and oxygen atoms in total. The molecule has 1 aromatic heterocycles. The van der Waals surface area contributed by atoms with Crippen LogP contribution in [0.5, 0.6) is 0 Å². The van der Waals surface area contributed by atoms with E-state index in [0.717, 1.165) is 37.6 Å². The molecule has 31 heavy (non-hydrogen) atoms. The summed E-state index contributed by atoms with van der Waals surface area (Å²) in [5.74, 6) is 0.659. The van der Waals surface area contributed by atoms with E-state index in [1.54, 1.807) is 27.0 Å². The molecule has 0 saturated carbocycles. The molecule has 0 aliphatic carbocycles. The van der Waals surface area contributed by atoms with Gasteiger partial charge in [0.1, 0.15) is 5.82 Å². The van der Waals surface area contributed by atoms with Crippen LogP contribution in [-0.2, 0) is 16.6 Å². The van der Waals surface area contributed by atoms with Crippen LogP contribution in [0.4, 0.5) is 5.82 Å². The number of benzene rings is 1. The Bertz CT molecular complexity index is 1010. The summed E-state index contributed by atoms with van der Waals surface area (Å²) in [6.07, 6.45) is 1.76. The third kappa shape index (κ3) is 6.49. The zero-order chi connectivity index (χ0) is 22.6. The molecule has 0 atom stereocenters. The molecule has 1 amide bonds. The summed E-state index contributed by atoms with van der Waals surface area (Å²) in [5, 5.41) is 2.89. The molecule has 1 saturated heterocycles. The van der Waals surface area contributed by atoms with Crippen molar-refractivity contribution in [1.82, 2.24) is 19.9 Å². The standard InChI is InChI=1S/C22H31N5O3S/c1-22(2,3)25-31(29,30)19-7-5-18(6-8-19)21(28)24-16-17-9-10-23-20(15-17)27-13-11-26(4)12-14-27/h5-10,15,25H,11-14,16H2,1-4H3,(H,24,28). The van der Waals surface area contributed by atoms with E-state index in [9.17, 15) is 13.2 Å². The van der Waals surface area contributed by atoms with Gasteiger partial charge in [0.2, 0.25) is 10.0 Å². The van der Waals surface area contributed by atoms with Gasteiger partial charge in [-0.3, -0.25) is 4.79 Å². The molecular weight excluding hydrogens is 414 g/mol. The number of pyridine rings is 1. The number of hydrogen-bond acceptors (Lipinski definition) is 6. The summed E-state index contributed by atoms with van der Waals surface area (Å²) in [5.41, 5.74) is 0.788. The normalized spacial score (nSPS) is 15.7. The molecule has 1 aliphatic rings. The summed E-state index contributed by atoms with van der Waals surface area (Å²) in [7, 11) is -1.52. The SMILES string of the molecule is CN1CCN(c2cc(CNC(=O)c3ccc(S(=O)(=O)NC(C)(C)C)cc3)ccn2)CC1. The lowest BCUT2D eigenvalue weighted by molar-refractivity contribution is 0.0950. The van der Waals surface area contributed by atoms with Gasteiger partial charge in [-0.2, -0.15) is 0 Å². The van der Waals surface area contributed by atoms with E-state index in [-0.39, 0.29) is 10.8 Å². The molecule has 1 fully saturated rings. The van der Waals surface area contributed by atoms with E-state index in [4.69, 9.17) is 0 Å². The number of rotatable bonds is 6. The lowest BCUT2D eigenvalue weighted by Gasteiger charge is -2.33. The van der Waals surface area contributed by atoms with Gasteiger partial charge in [-0.25, -0.2) is 18.1 Å². The van der Waals surface area contributed by atoms with Crippen LogP contribution in [0.25, 0.3) is 0 Å². The van der Waals surface area contributed by atoms with Crippen molar-refractivity contribution in [1.29, 1.82) is 0 Å². The Morgan fingerprint density at radius 3 is 2.32 bits per heavy atom. The first-order valence-corrected chi connectivity index (χ1v) is 11.8. The van der Waals surface area contributed by atoms with Gasteiger partial charge in [0.25, 0.3) is 5.91 Å². The average Bonchev–Trinajstić information content (AvgIpc) is 2.71. The highest BCUT2D eigenvalue weighted by Gasteiger charge is 2.22. The number of piperazine rings is 1. The molecule has 2 N–H and O–H groups in total. The summed E-state index contributed by atoms with van der Waals surface area (Å²) in [6.45, 7) is 9.56. The average molecular weight is 446 g/mol. The number of nitrogens with zero attached hydrogens (tertiary/aromatic N) is 3. The Labute approximate surface area is 184 Å². The van der Waals surface area contributed by atoms with Crippen LogP contribution in [0.2, 0.25) is 0 Å². The fourth-order valence-electron chi connectivity index (χ4n) is 3.31. The van der Waals surface area contributed by atoms with Crippen molar-refractivity contribution in [2.75, 3.05) is 38.1 Å². The van der Waals surface area contributed by atoms with Crippen LogP contribution >= 0.6 is 0 Å². The van der Waals surface area contributed by atoms with E-state index < -0.39 is 15.6 Å². The van der Waals surface area contributed by atoms with Gasteiger partial charge < -0.3 is 15.1 Å². The molecule has 3 rings (SSSR count). The minimum Gasteiger partial charge on any atom is -0.354 e. The first kappa shape index (κ1) is 23.2. The predicted octanol–water partition coefficient (Wildman–Crippen LogP) is 1.84. The summed E-state index contributed by atoms with van der Waals surface area (Å²) in [6, 6.07) is 9.82. The molecule has 0 unspecified atom stereocenters. The Morgan fingerprint density at radius 1 is 1.06 bits per heavy atom. The highest BCUT2D eigenvalue weighted by molar-refractivity contribution is 7.89. The largest absolute Gasteiger partial charge is 0.354 e. The molecule has 1 aromatic carbocycles. The van der Waals surface area contributed by atoms with Crippen LogP contribution in [0.1, 0.15) is 36.7 Å². The number of aromatic nitrogens is 1. The topological polar surface area (TPSA) is 94.6 Å². The fraction of sp³-hybridized carbons (Fsp3) is 0.455. The second kappa shape index (κ2) is 9.33. The van der Waals surface area contributed by atoms with Crippen molar-refractivity contribution in [3.8, 4) is 0 Å². The molecule has 0 spiro atoms. The number of amides is 1. The van der Waals surface area contributed by atoms with Crippen molar-refractivity contribution in [3.63, 3.8) is 0 Å². The summed E-state index contributed by atoms with van der Waals surface area (Å²) >= 11 is 0. The van der Waals surface area contributed by atoms with E-state index >= 15 is 0 Å². The Balaban J connectivity index is 1.60.